The zero-order valence-electron chi connectivity index (χ0n) is 12.5. The normalized spacial score (nSPS) is 20.6. The zero-order chi connectivity index (χ0) is 16.2. The topological polar surface area (TPSA) is 74.2 Å². The van der Waals surface area contributed by atoms with E-state index < -0.39 is 6.10 Å². The summed E-state index contributed by atoms with van der Waals surface area (Å²) in [5, 5.41) is 16.4. The molecule has 1 saturated heterocycles. The molecule has 23 heavy (non-hydrogen) atoms. The van der Waals surface area contributed by atoms with Gasteiger partial charge in [0, 0.05) is 32.0 Å². The number of benzene rings is 1. The molecule has 0 spiro atoms. The zero-order valence-corrected chi connectivity index (χ0v) is 13.3. The fraction of sp³-hybridized carbons (Fsp3) is 0.375. The molecule has 0 radical (unpaired) electrons. The second-order valence-electron chi connectivity index (χ2n) is 5.62. The molecule has 1 aromatic heterocycles. The third-order valence-electron chi connectivity index (χ3n) is 3.87. The molecular weight excluding hydrogens is 317 g/mol. The Balaban J connectivity index is 1.55. The molecule has 2 atom stereocenters. The first-order valence-electron chi connectivity index (χ1n) is 7.48. The Morgan fingerprint density at radius 1 is 1.39 bits per heavy atom. The monoisotopic (exact) mass is 335 g/mol. The lowest BCUT2D eigenvalue weighted by atomic mass is 10.1. The van der Waals surface area contributed by atoms with Gasteiger partial charge in [-0.3, -0.25) is 4.79 Å². The van der Waals surface area contributed by atoms with Gasteiger partial charge in [-0.2, -0.15) is 0 Å². The molecule has 2 unspecified atom stereocenters. The highest BCUT2D eigenvalue weighted by Gasteiger charge is 2.25. The summed E-state index contributed by atoms with van der Waals surface area (Å²) >= 11 is 1.33. The van der Waals surface area contributed by atoms with Gasteiger partial charge in [0.15, 0.2) is 0 Å². The number of carbonyl (C=O) groups excluding carboxylic acids is 1. The quantitative estimate of drug-likeness (QED) is 0.767. The van der Waals surface area contributed by atoms with E-state index in [0.29, 0.717) is 30.9 Å². The van der Waals surface area contributed by atoms with Crippen LogP contribution < -0.4 is 10.6 Å². The molecular formula is C16H18FN3O2S. The number of nitrogens with one attached hydrogen (secondary N) is 2. The molecule has 7 heteroatoms. The fourth-order valence-electron chi connectivity index (χ4n) is 2.51. The maximum absolute atomic E-state index is 12.9. The van der Waals surface area contributed by atoms with Crippen LogP contribution in [0.25, 0.3) is 0 Å². The van der Waals surface area contributed by atoms with Crippen molar-refractivity contribution in [2.45, 2.75) is 12.5 Å². The van der Waals surface area contributed by atoms with Gasteiger partial charge in [-0.15, -0.1) is 11.3 Å². The number of hydrogen-bond donors (Lipinski definition) is 3. The van der Waals surface area contributed by atoms with Crippen molar-refractivity contribution in [3.05, 3.63) is 51.7 Å². The van der Waals surface area contributed by atoms with Crippen LogP contribution >= 0.6 is 11.3 Å². The van der Waals surface area contributed by atoms with Crippen molar-refractivity contribution >= 4 is 17.2 Å². The van der Waals surface area contributed by atoms with Crippen molar-refractivity contribution < 1.29 is 14.3 Å². The Morgan fingerprint density at radius 3 is 2.87 bits per heavy atom. The number of nitrogens with zero attached hydrogens (tertiary/aromatic N) is 1. The highest BCUT2D eigenvalue weighted by molar-refractivity contribution is 7.13. The summed E-state index contributed by atoms with van der Waals surface area (Å²) in [6, 6.07) is 6.25. The largest absolute Gasteiger partial charge is 0.391 e. The molecule has 3 N–H and O–H groups in total. The summed E-state index contributed by atoms with van der Waals surface area (Å²) in [6.07, 6.45) is 1.72. The van der Waals surface area contributed by atoms with Gasteiger partial charge in [0.1, 0.15) is 10.7 Å². The lowest BCUT2D eigenvalue weighted by molar-refractivity contribution is 0.0931. The van der Waals surface area contributed by atoms with Crippen LogP contribution in [0.2, 0.25) is 0 Å². The number of β-amino-alcohol motifs (C(OH)–C–C–N with tert-alkyl or cyclic N) is 1. The molecule has 1 aliphatic heterocycles. The molecule has 1 fully saturated rings. The van der Waals surface area contributed by atoms with Gasteiger partial charge in [-0.05, 0) is 17.7 Å². The molecule has 0 saturated carbocycles. The SMILES string of the molecule is O=C(NCC1CNCC1O)c1cnc(Cc2ccc(F)cc2)s1. The second kappa shape index (κ2) is 7.16. The third kappa shape index (κ3) is 4.13. The Morgan fingerprint density at radius 2 is 2.17 bits per heavy atom. The van der Waals surface area contributed by atoms with Gasteiger partial charge in [-0.25, -0.2) is 9.37 Å². The van der Waals surface area contributed by atoms with Crippen LogP contribution in [0.5, 0.6) is 0 Å². The number of aliphatic hydroxyl groups is 1. The van der Waals surface area contributed by atoms with Gasteiger partial charge >= 0.3 is 0 Å². The summed E-state index contributed by atoms with van der Waals surface area (Å²) in [5.74, 6) is -0.394. The highest BCUT2D eigenvalue weighted by atomic mass is 32.1. The number of aliphatic hydroxyl groups excluding tert-OH is 1. The van der Waals surface area contributed by atoms with Crippen LogP contribution in [0.3, 0.4) is 0 Å². The van der Waals surface area contributed by atoms with Crippen LogP contribution in [0.1, 0.15) is 20.2 Å². The summed E-state index contributed by atoms with van der Waals surface area (Å²) in [5.41, 5.74) is 0.952. The summed E-state index contributed by atoms with van der Waals surface area (Å²) in [7, 11) is 0. The van der Waals surface area contributed by atoms with Crippen molar-refractivity contribution in [1.82, 2.24) is 15.6 Å². The maximum atomic E-state index is 12.9. The molecule has 1 amide bonds. The number of rotatable bonds is 5. The van der Waals surface area contributed by atoms with Crippen LogP contribution in [0.4, 0.5) is 4.39 Å². The average Bonchev–Trinajstić information content (AvgIpc) is 3.16. The van der Waals surface area contributed by atoms with Gasteiger partial charge in [0.2, 0.25) is 0 Å². The number of halogens is 1. The standard InChI is InChI=1S/C16H18FN3O2S/c17-12-3-1-10(2-4-12)5-15-19-9-14(23-15)16(22)20-7-11-6-18-8-13(11)21/h1-4,9,11,13,18,21H,5-8H2,(H,20,22). The van der Waals surface area contributed by atoms with E-state index in [9.17, 15) is 14.3 Å². The predicted molar refractivity (Wildman–Crippen MR) is 86.0 cm³/mol. The summed E-state index contributed by atoms with van der Waals surface area (Å²) in [6.45, 7) is 1.72. The molecule has 2 heterocycles. The Bertz CT molecular complexity index is 674. The Labute approximate surface area is 137 Å². The minimum atomic E-state index is -0.411. The number of carbonyl (C=O) groups is 1. The van der Waals surface area contributed by atoms with Crippen LogP contribution in [-0.4, -0.2) is 41.7 Å². The van der Waals surface area contributed by atoms with E-state index in [-0.39, 0.29) is 17.6 Å². The van der Waals surface area contributed by atoms with Crippen molar-refractivity contribution in [3.63, 3.8) is 0 Å². The van der Waals surface area contributed by atoms with Crippen molar-refractivity contribution in [1.29, 1.82) is 0 Å². The van der Waals surface area contributed by atoms with E-state index in [2.05, 4.69) is 15.6 Å². The number of hydrogen-bond acceptors (Lipinski definition) is 5. The van der Waals surface area contributed by atoms with E-state index in [1.807, 2.05) is 0 Å². The third-order valence-corrected chi connectivity index (χ3v) is 4.87. The summed E-state index contributed by atoms with van der Waals surface area (Å²) < 4.78 is 12.9. The fourth-order valence-corrected chi connectivity index (χ4v) is 3.38. The lowest BCUT2D eigenvalue weighted by Crippen LogP contribution is -2.34. The minimum Gasteiger partial charge on any atom is -0.391 e. The number of aromatic nitrogens is 1. The van der Waals surface area contributed by atoms with Gasteiger partial charge in [-0.1, -0.05) is 12.1 Å². The lowest BCUT2D eigenvalue weighted by Gasteiger charge is -2.13. The van der Waals surface area contributed by atoms with E-state index >= 15 is 0 Å². The predicted octanol–water partition coefficient (Wildman–Crippen LogP) is 1.18. The molecule has 5 nitrogen and oxygen atoms in total. The summed E-state index contributed by atoms with van der Waals surface area (Å²) in [4.78, 5) is 16.9. The van der Waals surface area contributed by atoms with Gasteiger partial charge < -0.3 is 15.7 Å². The van der Waals surface area contributed by atoms with Crippen LogP contribution in [-0.2, 0) is 6.42 Å². The maximum Gasteiger partial charge on any atom is 0.263 e. The van der Waals surface area contributed by atoms with E-state index in [1.165, 1.54) is 23.5 Å². The first-order valence-corrected chi connectivity index (χ1v) is 8.29. The van der Waals surface area contributed by atoms with Crippen molar-refractivity contribution in [2.24, 2.45) is 5.92 Å². The van der Waals surface area contributed by atoms with E-state index in [0.717, 1.165) is 10.6 Å². The molecule has 122 valence electrons. The molecule has 1 aromatic carbocycles. The van der Waals surface area contributed by atoms with E-state index in [1.54, 1.807) is 18.3 Å². The van der Waals surface area contributed by atoms with Crippen LogP contribution in [0, 0.1) is 11.7 Å². The van der Waals surface area contributed by atoms with E-state index in [4.69, 9.17) is 0 Å². The smallest absolute Gasteiger partial charge is 0.263 e. The average molecular weight is 335 g/mol. The Hall–Kier alpha value is -1.83. The van der Waals surface area contributed by atoms with Crippen molar-refractivity contribution in [2.75, 3.05) is 19.6 Å². The molecule has 3 rings (SSSR count). The molecule has 2 aromatic rings. The number of thiazole rings is 1. The second-order valence-corrected chi connectivity index (χ2v) is 6.73. The molecule has 1 aliphatic rings. The van der Waals surface area contributed by atoms with Gasteiger partial charge in [0.25, 0.3) is 5.91 Å². The molecule has 0 bridgehead atoms. The highest BCUT2D eigenvalue weighted by Crippen LogP contribution is 2.17. The van der Waals surface area contributed by atoms with Gasteiger partial charge in [0.05, 0.1) is 17.3 Å². The Kier molecular flexibility index (Phi) is 5.00. The first kappa shape index (κ1) is 16.0. The number of amides is 1. The van der Waals surface area contributed by atoms with Crippen LogP contribution in [0.15, 0.2) is 30.5 Å². The van der Waals surface area contributed by atoms with Crippen molar-refractivity contribution in [3.8, 4) is 0 Å². The molecule has 0 aliphatic carbocycles. The minimum absolute atomic E-state index is 0.0468. The first-order chi connectivity index (χ1) is 11.1.